The maximum atomic E-state index is 13.2. The van der Waals surface area contributed by atoms with Crippen molar-refractivity contribution in [1.29, 1.82) is 0 Å². The number of carboxylic acid groups (broad SMARTS) is 1. The van der Waals surface area contributed by atoms with Crippen LogP contribution < -0.4 is 10.5 Å². The molecule has 0 saturated carbocycles. The zero-order valence-electron chi connectivity index (χ0n) is 16.7. The SMILES string of the molecule is N[C@@]1(Cc2ccc(Cl)cc2)CCCN(C(=O)[C@@H](CC(=O)O)Cc2cccc[n+]2O)C1. The largest absolute Gasteiger partial charge is 0.481 e. The van der Waals surface area contributed by atoms with Crippen LogP contribution in [0.25, 0.3) is 0 Å². The van der Waals surface area contributed by atoms with Gasteiger partial charge in [0.25, 0.3) is 0 Å². The molecular weight excluding hydrogens is 406 g/mol. The number of hydrogen-bond acceptors (Lipinski definition) is 4. The molecular formula is C22H27ClN3O4+. The molecule has 160 valence electrons. The normalized spacial score (nSPS) is 20.0. The van der Waals surface area contributed by atoms with E-state index in [4.69, 9.17) is 17.3 Å². The third-order valence-corrected chi connectivity index (χ3v) is 5.79. The fourth-order valence-electron chi connectivity index (χ4n) is 4.10. The second kappa shape index (κ2) is 9.45. The zero-order chi connectivity index (χ0) is 21.7. The minimum Gasteiger partial charge on any atom is -0.481 e. The van der Waals surface area contributed by atoms with Gasteiger partial charge in [-0.25, -0.2) is 0 Å². The minimum atomic E-state index is -1.05. The standard InChI is InChI=1S/C22H26ClN3O4/c23-18-7-5-16(6-8-18)14-22(24)9-3-10-25(15-22)21(29)17(13-20(27)28)12-19-4-1-2-11-26(19)30/h1-2,4-8,11,17H,3,9-10,12-15,24H2,(H-,27,28,30)/p+1/t17-,22-/m1/s1. The number of pyridine rings is 1. The number of likely N-dealkylation sites (tertiary alicyclic amines) is 1. The summed E-state index contributed by atoms with van der Waals surface area (Å²) in [5.74, 6) is -2.07. The van der Waals surface area contributed by atoms with Crippen LogP contribution in [0, 0.1) is 5.92 Å². The van der Waals surface area contributed by atoms with E-state index in [1.54, 1.807) is 23.1 Å². The summed E-state index contributed by atoms with van der Waals surface area (Å²) in [6.07, 6.45) is 3.41. The molecule has 1 saturated heterocycles. The van der Waals surface area contributed by atoms with Gasteiger partial charge in [-0.05, 0) is 43.0 Å². The van der Waals surface area contributed by atoms with Crippen LogP contribution in [0.5, 0.6) is 0 Å². The Kier molecular flexibility index (Phi) is 6.95. The molecule has 2 heterocycles. The molecule has 4 N–H and O–H groups in total. The summed E-state index contributed by atoms with van der Waals surface area (Å²) in [6.45, 7) is 0.904. The van der Waals surface area contributed by atoms with Gasteiger partial charge in [0.05, 0.1) is 12.3 Å². The van der Waals surface area contributed by atoms with Gasteiger partial charge in [-0.2, -0.15) is 0 Å². The predicted molar refractivity (Wildman–Crippen MR) is 111 cm³/mol. The first-order chi connectivity index (χ1) is 14.3. The van der Waals surface area contributed by atoms with Crippen LogP contribution in [0.15, 0.2) is 48.7 Å². The van der Waals surface area contributed by atoms with Gasteiger partial charge in [0.2, 0.25) is 17.8 Å². The van der Waals surface area contributed by atoms with E-state index in [1.165, 1.54) is 6.20 Å². The molecule has 1 aromatic carbocycles. The smallest absolute Gasteiger partial charge is 0.304 e. The Bertz CT molecular complexity index is 906. The molecule has 8 heteroatoms. The third-order valence-electron chi connectivity index (χ3n) is 5.54. The Hall–Kier alpha value is -2.64. The van der Waals surface area contributed by atoms with Crippen molar-refractivity contribution in [3.63, 3.8) is 0 Å². The van der Waals surface area contributed by atoms with Crippen LogP contribution in [0.3, 0.4) is 0 Å². The molecule has 0 unspecified atom stereocenters. The number of hydrogen-bond donors (Lipinski definition) is 3. The van der Waals surface area contributed by atoms with Gasteiger partial charge in [-0.1, -0.05) is 23.7 Å². The van der Waals surface area contributed by atoms with Crippen molar-refractivity contribution < 1.29 is 24.6 Å². The molecule has 1 aliphatic rings. The Morgan fingerprint density at radius 1 is 1.23 bits per heavy atom. The number of piperidine rings is 1. The van der Waals surface area contributed by atoms with Crippen LogP contribution in [-0.2, 0) is 22.4 Å². The van der Waals surface area contributed by atoms with Crippen molar-refractivity contribution >= 4 is 23.5 Å². The summed E-state index contributed by atoms with van der Waals surface area (Å²) in [5.41, 5.74) is 7.59. The van der Waals surface area contributed by atoms with E-state index in [0.717, 1.165) is 23.1 Å². The zero-order valence-corrected chi connectivity index (χ0v) is 17.5. The molecule has 0 spiro atoms. The number of halogens is 1. The highest BCUT2D eigenvalue weighted by molar-refractivity contribution is 6.30. The molecule has 1 aromatic heterocycles. The average Bonchev–Trinajstić information content (AvgIpc) is 2.70. The Morgan fingerprint density at radius 2 is 1.97 bits per heavy atom. The molecule has 0 bridgehead atoms. The van der Waals surface area contributed by atoms with Gasteiger partial charge in [0.15, 0.2) is 0 Å². The summed E-state index contributed by atoms with van der Waals surface area (Å²) < 4.78 is 0.923. The predicted octanol–water partition coefficient (Wildman–Crippen LogP) is 2.06. The topological polar surface area (TPSA) is 108 Å². The van der Waals surface area contributed by atoms with Crippen LogP contribution in [0.2, 0.25) is 5.02 Å². The highest BCUT2D eigenvalue weighted by Crippen LogP contribution is 2.26. The van der Waals surface area contributed by atoms with Crippen molar-refractivity contribution in [3.05, 3.63) is 64.9 Å². The fourth-order valence-corrected chi connectivity index (χ4v) is 4.23. The van der Waals surface area contributed by atoms with Crippen molar-refractivity contribution in [2.45, 2.75) is 37.6 Å². The number of carbonyl (C=O) groups is 2. The third kappa shape index (κ3) is 5.70. The second-order valence-electron chi connectivity index (χ2n) is 8.06. The molecule has 7 nitrogen and oxygen atoms in total. The number of carboxylic acids is 1. The van der Waals surface area contributed by atoms with Crippen molar-refractivity contribution in [2.24, 2.45) is 11.7 Å². The molecule has 3 rings (SSSR count). The first-order valence-corrected chi connectivity index (χ1v) is 10.4. The number of amides is 1. The van der Waals surface area contributed by atoms with Crippen LogP contribution >= 0.6 is 11.6 Å². The molecule has 2 atom stereocenters. The number of carbonyl (C=O) groups excluding carboxylic acids is 1. The van der Waals surface area contributed by atoms with Gasteiger partial charge in [0, 0.05) is 46.9 Å². The summed E-state index contributed by atoms with van der Waals surface area (Å²) in [6, 6.07) is 12.6. The van der Waals surface area contributed by atoms with E-state index in [1.807, 2.05) is 24.3 Å². The van der Waals surface area contributed by atoms with E-state index in [9.17, 15) is 19.9 Å². The summed E-state index contributed by atoms with van der Waals surface area (Å²) in [4.78, 5) is 26.3. The van der Waals surface area contributed by atoms with Gasteiger partial charge in [0.1, 0.15) is 0 Å². The molecule has 2 aromatic rings. The highest BCUT2D eigenvalue weighted by Gasteiger charge is 2.37. The number of nitrogens with zero attached hydrogens (tertiary/aromatic N) is 2. The number of benzene rings is 1. The lowest BCUT2D eigenvalue weighted by molar-refractivity contribution is -0.909. The summed E-state index contributed by atoms with van der Waals surface area (Å²) in [5, 5.41) is 19.9. The lowest BCUT2D eigenvalue weighted by Gasteiger charge is -2.41. The Labute approximate surface area is 180 Å². The van der Waals surface area contributed by atoms with Gasteiger partial charge >= 0.3 is 5.97 Å². The molecule has 0 aliphatic carbocycles. The van der Waals surface area contributed by atoms with Crippen LogP contribution in [0.4, 0.5) is 0 Å². The number of rotatable bonds is 7. The molecule has 1 aliphatic heterocycles. The lowest BCUT2D eigenvalue weighted by Crippen LogP contribution is -2.58. The molecule has 30 heavy (non-hydrogen) atoms. The highest BCUT2D eigenvalue weighted by atomic mass is 35.5. The monoisotopic (exact) mass is 432 g/mol. The second-order valence-corrected chi connectivity index (χ2v) is 8.50. The summed E-state index contributed by atoms with van der Waals surface area (Å²) >= 11 is 5.96. The maximum Gasteiger partial charge on any atom is 0.304 e. The van der Waals surface area contributed by atoms with Crippen molar-refractivity contribution in [2.75, 3.05) is 13.1 Å². The first kappa shape index (κ1) is 22.1. The van der Waals surface area contributed by atoms with E-state index in [-0.39, 0.29) is 18.7 Å². The Morgan fingerprint density at radius 3 is 2.63 bits per heavy atom. The van der Waals surface area contributed by atoms with E-state index in [2.05, 4.69) is 0 Å². The Balaban J connectivity index is 1.74. The first-order valence-electron chi connectivity index (χ1n) is 9.98. The van der Waals surface area contributed by atoms with E-state index < -0.39 is 17.4 Å². The van der Waals surface area contributed by atoms with Crippen LogP contribution in [-0.4, -0.2) is 45.7 Å². The lowest BCUT2D eigenvalue weighted by atomic mass is 9.83. The fraction of sp³-hybridized carbons (Fsp3) is 0.409. The molecule has 0 radical (unpaired) electrons. The van der Waals surface area contributed by atoms with Gasteiger partial charge < -0.3 is 15.7 Å². The van der Waals surface area contributed by atoms with Crippen LogP contribution in [0.1, 0.15) is 30.5 Å². The number of nitrogens with two attached hydrogens (primary N) is 1. The maximum absolute atomic E-state index is 13.2. The quantitative estimate of drug-likeness (QED) is 0.458. The average molecular weight is 433 g/mol. The summed E-state index contributed by atoms with van der Waals surface area (Å²) in [7, 11) is 0. The van der Waals surface area contributed by atoms with Gasteiger partial charge in [-0.15, -0.1) is 0 Å². The van der Waals surface area contributed by atoms with E-state index >= 15 is 0 Å². The molecule has 1 amide bonds. The number of aliphatic carboxylic acids is 1. The molecule has 1 fully saturated rings. The van der Waals surface area contributed by atoms with Crippen molar-refractivity contribution in [3.8, 4) is 0 Å². The van der Waals surface area contributed by atoms with Crippen molar-refractivity contribution in [1.82, 2.24) is 4.90 Å². The number of aromatic nitrogens is 1. The minimum absolute atomic E-state index is 0.133. The van der Waals surface area contributed by atoms with E-state index in [0.29, 0.717) is 30.2 Å². The van der Waals surface area contributed by atoms with Gasteiger partial charge in [-0.3, -0.25) is 14.8 Å².